The molecule has 2 atom stereocenters. The van der Waals surface area contributed by atoms with Crippen LogP contribution >= 0.6 is 0 Å². The summed E-state index contributed by atoms with van der Waals surface area (Å²) in [7, 11) is 1.64. The molecule has 0 N–H and O–H groups in total. The Morgan fingerprint density at radius 2 is 1.95 bits per heavy atom. The van der Waals surface area contributed by atoms with E-state index in [9.17, 15) is 13.6 Å². The number of hydrogen-bond acceptors (Lipinski definition) is 7. The number of pyridine rings is 1. The Morgan fingerprint density at radius 1 is 1.15 bits per heavy atom. The molecule has 0 unspecified atom stereocenters. The molecule has 0 bridgehead atoms. The van der Waals surface area contributed by atoms with Crippen molar-refractivity contribution < 1.29 is 22.6 Å². The monoisotopic (exact) mass is 544 g/mol. The lowest BCUT2D eigenvalue weighted by atomic mass is 10.0. The van der Waals surface area contributed by atoms with Crippen molar-refractivity contribution in [2.45, 2.75) is 52.1 Å². The fraction of sp³-hybridized carbons (Fsp3) is 0.481. The summed E-state index contributed by atoms with van der Waals surface area (Å²) in [6, 6.07) is 6.47. The molecule has 0 amide bonds. The SMILES string of the molecule is CC(C)n1c(=O)n(C)c2nnc3cc(F)c(-c4ccc([C@@H](C)OCCN5CC[C@@H](OC(F)F)C5)nc4)cc3c21. The molecule has 9 nitrogen and oxygen atoms in total. The quantitative estimate of drug-likeness (QED) is 0.308. The molecule has 0 aliphatic carbocycles. The maximum absolute atomic E-state index is 15.2. The summed E-state index contributed by atoms with van der Waals surface area (Å²) in [5.74, 6) is -0.468. The Kier molecular flexibility index (Phi) is 7.70. The summed E-state index contributed by atoms with van der Waals surface area (Å²) in [6.07, 6.45) is 1.41. The Bertz CT molecular complexity index is 1540. The number of nitrogens with zero attached hydrogens (tertiary/aromatic N) is 6. The standard InChI is InChI=1S/C27H31F3N6O3/c1-15(2)36-24-20-11-19(21(28)12-23(20)32-33-25(24)34(4)27(36)37)17-5-6-22(31-13-17)16(3)38-10-9-35-8-7-18(14-35)39-26(29)30/h5-6,11-13,15-16,18,26H,7-10,14H2,1-4H3/t16-,18-/m1/s1. The molecule has 0 saturated carbocycles. The predicted molar refractivity (Wildman–Crippen MR) is 140 cm³/mol. The van der Waals surface area contributed by atoms with Crippen molar-refractivity contribution in [3.05, 3.63) is 52.5 Å². The van der Waals surface area contributed by atoms with Crippen molar-refractivity contribution in [1.29, 1.82) is 0 Å². The van der Waals surface area contributed by atoms with Gasteiger partial charge in [-0.15, -0.1) is 10.2 Å². The van der Waals surface area contributed by atoms with E-state index < -0.39 is 18.5 Å². The number of aromatic nitrogens is 5. The van der Waals surface area contributed by atoms with E-state index >= 15 is 4.39 Å². The summed E-state index contributed by atoms with van der Waals surface area (Å²) in [4.78, 5) is 19.4. The molecule has 0 spiro atoms. The zero-order chi connectivity index (χ0) is 27.8. The molecule has 1 fully saturated rings. The van der Waals surface area contributed by atoms with Gasteiger partial charge < -0.3 is 9.47 Å². The fourth-order valence-electron chi connectivity index (χ4n) is 5.12. The Hall–Kier alpha value is -3.35. The van der Waals surface area contributed by atoms with E-state index in [0.717, 1.165) is 0 Å². The van der Waals surface area contributed by atoms with E-state index in [4.69, 9.17) is 4.74 Å². The van der Waals surface area contributed by atoms with Crippen molar-refractivity contribution in [3.8, 4) is 11.1 Å². The highest BCUT2D eigenvalue weighted by molar-refractivity contribution is 6.02. The molecule has 3 aromatic heterocycles. The summed E-state index contributed by atoms with van der Waals surface area (Å²) >= 11 is 0. The third kappa shape index (κ3) is 5.41. The van der Waals surface area contributed by atoms with Crippen LogP contribution in [0.4, 0.5) is 13.2 Å². The van der Waals surface area contributed by atoms with Crippen LogP contribution in [0, 0.1) is 5.82 Å². The molecular weight excluding hydrogens is 513 g/mol. The van der Waals surface area contributed by atoms with Crippen LogP contribution in [0.15, 0.2) is 35.3 Å². The van der Waals surface area contributed by atoms with Gasteiger partial charge in [0.15, 0.2) is 5.65 Å². The first kappa shape index (κ1) is 27.2. The van der Waals surface area contributed by atoms with Crippen LogP contribution < -0.4 is 5.69 Å². The zero-order valence-electron chi connectivity index (χ0n) is 22.3. The topological polar surface area (TPSA) is 87.3 Å². The molecule has 4 aromatic rings. The lowest BCUT2D eigenvalue weighted by molar-refractivity contribution is -0.158. The summed E-state index contributed by atoms with van der Waals surface area (Å²) in [6.45, 7) is 5.11. The van der Waals surface area contributed by atoms with Gasteiger partial charge in [-0.2, -0.15) is 8.78 Å². The van der Waals surface area contributed by atoms with Gasteiger partial charge in [-0.25, -0.2) is 9.18 Å². The smallest absolute Gasteiger partial charge is 0.345 e. The highest BCUT2D eigenvalue weighted by Crippen LogP contribution is 2.31. The van der Waals surface area contributed by atoms with Crippen molar-refractivity contribution in [1.82, 2.24) is 29.2 Å². The summed E-state index contributed by atoms with van der Waals surface area (Å²) < 4.78 is 53.6. The number of rotatable bonds is 9. The van der Waals surface area contributed by atoms with Gasteiger partial charge in [-0.05, 0) is 39.3 Å². The molecular formula is C27H31F3N6O3. The number of ether oxygens (including phenoxy) is 2. The van der Waals surface area contributed by atoms with Gasteiger partial charge in [0.1, 0.15) is 11.3 Å². The maximum Gasteiger partial charge on any atom is 0.345 e. The van der Waals surface area contributed by atoms with Crippen LogP contribution in [0.2, 0.25) is 0 Å². The summed E-state index contributed by atoms with van der Waals surface area (Å²) in [5, 5.41) is 8.95. The van der Waals surface area contributed by atoms with E-state index in [2.05, 4.69) is 19.9 Å². The largest absolute Gasteiger partial charge is 0.371 e. The van der Waals surface area contributed by atoms with Gasteiger partial charge in [0.25, 0.3) is 0 Å². The summed E-state index contributed by atoms with van der Waals surface area (Å²) in [5.41, 5.74) is 2.80. The minimum atomic E-state index is -2.75. The normalized spacial score (nSPS) is 17.3. The second-order valence-corrected chi connectivity index (χ2v) is 10.1. The van der Waals surface area contributed by atoms with E-state index in [1.54, 1.807) is 36.0 Å². The number of benzene rings is 1. The van der Waals surface area contributed by atoms with E-state index in [0.29, 0.717) is 71.5 Å². The van der Waals surface area contributed by atoms with E-state index in [1.807, 2.05) is 25.7 Å². The number of fused-ring (bicyclic) bond motifs is 3. The molecule has 5 rings (SSSR count). The molecule has 39 heavy (non-hydrogen) atoms. The predicted octanol–water partition coefficient (Wildman–Crippen LogP) is 4.46. The molecule has 12 heteroatoms. The van der Waals surface area contributed by atoms with Crippen LogP contribution in [0.25, 0.3) is 33.2 Å². The van der Waals surface area contributed by atoms with Gasteiger partial charge in [-0.3, -0.25) is 19.0 Å². The van der Waals surface area contributed by atoms with Crippen molar-refractivity contribution in [2.75, 3.05) is 26.2 Å². The fourth-order valence-corrected chi connectivity index (χ4v) is 5.12. The maximum atomic E-state index is 15.2. The van der Waals surface area contributed by atoms with E-state index in [-0.39, 0.29) is 17.8 Å². The van der Waals surface area contributed by atoms with Crippen molar-refractivity contribution in [2.24, 2.45) is 7.05 Å². The third-order valence-corrected chi connectivity index (χ3v) is 7.19. The van der Waals surface area contributed by atoms with Gasteiger partial charge in [0.05, 0.1) is 30.0 Å². The average molecular weight is 545 g/mol. The molecule has 1 aliphatic heterocycles. The Balaban J connectivity index is 1.33. The first-order valence-corrected chi connectivity index (χ1v) is 12.9. The first-order chi connectivity index (χ1) is 18.6. The van der Waals surface area contributed by atoms with Crippen LogP contribution in [-0.2, 0) is 16.5 Å². The second-order valence-electron chi connectivity index (χ2n) is 10.1. The molecule has 4 heterocycles. The number of likely N-dealkylation sites (tertiary alicyclic amines) is 1. The number of hydrogen-bond donors (Lipinski definition) is 0. The zero-order valence-corrected chi connectivity index (χ0v) is 22.3. The Morgan fingerprint density at radius 3 is 2.64 bits per heavy atom. The highest BCUT2D eigenvalue weighted by Gasteiger charge is 2.25. The second kappa shape index (κ2) is 11.0. The van der Waals surface area contributed by atoms with E-state index in [1.165, 1.54) is 10.6 Å². The highest BCUT2D eigenvalue weighted by atomic mass is 19.3. The minimum Gasteiger partial charge on any atom is -0.371 e. The number of alkyl halides is 2. The van der Waals surface area contributed by atoms with Gasteiger partial charge in [0, 0.05) is 61.5 Å². The van der Waals surface area contributed by atoms with Crippen LogP contribution in [0.1, 0.15) is 45.0 Å². The Labute approximate surface area is 223 Å². The van der Waals surface area contributed by atoms with Crippen LogP contribution in [-0.4, -0.2) is 68.2 Å². The molecule has 1 aromatic carbocycles. The molecule has 1 saturated heterocycles. The van der Waals surface area contributed by atoms with Gasteiger partial charge in [0.2, 0.25) is 0 Å². The molecule has 1 aliphatic rings. The number of halogens is 3. The van der Waals surface area contributed by atoms with Gasteiger partial charge in [-0.1, -0.05) is 6.07 Å². The molecule has 0 radical (unpaired) electrons. The first-order valence-electron chi connectivity index (χ1n) is 12.9. The van der Waals surface area contributed by atoms with Crippen LogP contribution in [0.3, 0.4) is 0 Å². The molecule has 208 valence electrons. The van der Waals surface area contributed by atoms with Gasteiger partial charge >= 0.3 is 12.3 Å². The minimum absolute atomic E-state index is 0.123. The lowest BCUT2D eigenvalue weighted by Crippen LogP contribution is -2.28. The third-order valence-electron chi connectivity index (χ3n) is 7.19. The number of aryl methyl sites for hydroxylation is 1. The lowest BCUT2D eigenvalue weighted by Gasteiger charge is -2.18. The van der Waals surface area contributed by atoms with Crippen LogP contribution in [0.5, 0.6) is 0 Å². The number of imidazole rings is 1. The average Bonchev–Trinajstić information content (AvgIpc) is 3.44. The van der Waals surface area contributed by atoms with Crippen molar-refractivity contribution in [3.63, 3.8) is 0 Å². The van der Waals surface area contributed by atoms with Crippen molar-refractivity contribution >= 4 is 22.1 Å².